The second-order valence-corrected chi connectivity index (χ2v) is 8.82. The number of carbonyl (C=O) groups is 1. The monoisotopic (exact) mass is 418 g/mol. The van der Waals surface area contributed by atoms with Gasteiger partial charge >= 0.3 is 0 Å². The number of hydrogen-bond donors (Lipinski definition) is 0. The Bertz CT molecular complexity index is 1090. The number of aromatic nitrogens is 2. The van der Waals surface area contributed by atoms with Gasteiger partial charge < -0.3 is 14.2 Å². The molecular formula is C25H30N4O2. The second-order valence-electron chi connectivity index (χ2n) is 8.82. The molecule has 1 unspecified atom stereocenters. The number of rotatable bonds is 5. The highest BCUT2D eigenvalue weighted by molar-refractivity contribution is 5.97. The maximum atomic E-state index is 13.3. The van der Waals surface area contributed by atoms with Gasteiger partial charge in [-0.2, -0.15) is 0 Å². The van der Waals surface area contributed by atoms with E-state index in [0.29, 0.717) is 29.9 Å². The van der Waals surface area contributed by atoms with Gasteiger partial charge in [-0.3, -0.25) is 9.69 Å². The molecule has 2 aliphatic rings. The SMILES string of the molecule is COc1cc(Cn2cnc3ccccc32)ccc1C(=O)N1CCC(N2CCC[C@H]2C)C1. The standard InChI is InChI=1S/C25H30N4O2/c1-18-6-5-12-29(18)20-11-13-27(16-20)25(30)21-10-9-19(14-24(21)31-2)15-28-17-26-22-7-3-4-8-23(22)28/h3-4,7-10,14,17-18,20H,5-6,11-13,15-16H2,1-2H3/t18-,20?/m1/s1. The Morgan fingerprint density at radius 3 is 2.84 bits per heavy atom. The van der Waals surface area contributed by atoms with Crippen LogP contribution in [0.1, 0.15) is 42.1 Å². The van der Waals surface area contributed by atoms with Crippen molar-refractivity contribution in [2.45, 2.75) is 44.8 Å². The predicted molar refractivity (Wildman–Crippen MR) is 122 cm³/mol. The highest BCUT2D eigenvalue weighted by atomic mass is 16.5. The van der Waals surface area contributed by atoms with E-state index in [1.165, 1.54) is 12.8 Å². The summed E-state index contributed by atoms with van der Waals surface area (Å²) in [7, 11) is 1.64. The van der Waals surface area contributed by atoms with Crippen molar-refractivity contribution in [3.8, 4) is 5.75 Å². The number of fused-ring (bicyclic) bond motifs is 1. The van der Waals surface area contributed by atoms with Gasteiger partial charge in [0.2, 0.25) is 0 Å². The number of ether oxygens (including phenoxy) is 1. The Morgan fingerprint density at radius 2 is 2.03 bits per heavy atom. The summed E-state index contributed by atoms with van der Waals surface area (Å²) >= 11 is 0. The van der Waals surface area contributed by atoms with Crippen molar-refractivity contribution in [2.75, 3.05) is 26.7 Å². The number of nitrogens with zero attached hydrogens (tertiary/aromatic N) is 4. The molecule has 1 amide bonds. The lowest BCUT2D eigenvalue weighted by Gasteiger charge is -2.28. The fourth-order valence-corrected chi connectivity index (χ4v) is 5.21. The van der Waals surface area contributed by atoms with E-state index in [4.69, 9.17) is 4.74 Å². The van der Waals surface area contributed by atoms with E-state index in [0.717, 1.165) is 42.7 Å². The van der Waals surface area contributed by atoms with Crippen molar-refractivity contribution in [3.05, 3.63) is 59.9 Å². The zero-order chi connectivity index (χ0) is 21.4. The molecule has 31 heavy (non-hydrogen) atoms. The molecule has 2 aliphatic heterocycles. The van der Waals surface area contributed by atoms with Gasteiger partial charge in [0.1, 0.15) is 5.75 Å². The van der Waals surface area contributed by atoms with E-state index in [-0.39, 0.29) is 5.91 Å². The highest BCUT2D eigenvalue weighted by Gasteiger charge is 2.35. The Morgan fingerprint density at radius 1 is 1.16 bits per heavy atom. The zero-order valence-corrected chi connectivity index (χ0v) is 18.3. The van der Waals surface area contributed by atoms with Gasteiger partial charge in [-0.1, -0.05) is 18.2 Å². The van der Waals surface area contributed by atoms with Gasteiger partial charge in [-0.15, -0.1) is 0 Å². The molecule has 2 saturated heterocycles. The van der Waals surface area contributed by atoms with Gasteiger partial charge in [-0.25, -0.2) is 4.98 Å². The molecule has 3 heterocycles. The van der Waals surface area contributed by atoms with E-state index in [1.807, 2.05) is 47.6 Å². The van der Waals surface area contributed by atoms with Crippen LogP contribution in [0.2, 0.25) is 0 Å². The molecule has 6 heteroatoms. The minimum absolute atomic E-state index is 0.0748. The summed E-state index contributed by atoms with van der Waals surface area (Å²) in [6, 6.07) is 15.2. The minimum Gasteiger partial charge on any atom is -0.496 e. The van der Waals surface area contributed by atoms with Crippen LogP contribution in [0.3, 0.4) is 0 Å². The summed E-state index contributed by atoms with van der Waals surface area (Å²) in [5.74, 6) is 0.718. The van der Waals surface area contributed by atoms with Crippen molar-refractivity contribution < 1.29 is 9.53 Å². The summed E-state index contributed by atoms with van der Waals surface area (Å²) in [6.45, 7) is 5.79. The van der Waals surface area contributed by atoms with Gasteiger partial charge in [-0.05, 0) is 62.6 Å². The van der Waals surface area contributed by atoms with Gasteiger partial charge in [0.05, 0.1) is 30.0 Å². The number of amides is 1. The van der Waals surface area contributed by atoms with Crippen molar-refractivity contribution in [1.29, 1.82) is 0 Å². The van der Waals surface area contributed by atoms with Crippen LogP contribution in [-0.2, 0) is 6.54 Å². The van der Waals surface area contributed by atoms with Crippen LogP contribution in [0.15, 0.2) is 48.8 Å². The number of likely N-dealkylation sites (tertiary alicyclic amines) is 2. The number of para-hydroxylation sites is 2. The number of methoxy groups -OCH3 is 1. The molecule has 1 aromatic heterocycles. The maximum absolute atomic E-state index is 13.3. The summed E-state index contributed by atoms with van der Waals surface area (Å²) in [4.78, 5) is 22.3. The van der Waals surface area contributed by atoms with Crippen LogP contribution in [0.5, 0.6) is 5.75 Å². The van der Waals surface area contributed by atoms with Crippen LogP contribution < -0.4 is 4.74 Å². The first-order valence-electron chi connectivity index (χ1n) is 11.3. The van der Waals surface area contributed by atoms with Crippen LogP contribution in [0.25, 0.3) is 11.0 Å². The average Bonchev–Trinajstić information content (AvgIpc) is 3.53. The first kappa shape index (κ1) is 20.1. The third-order valence-electron chi connectivity index (χ3n) is 6.90. The summed E-state index contributed by atoms with van der Waals surface area (Å²) < 4.78 is 7.75. The third kappa shape index (κ3) is 3.81. The maximum Gasteiger partial charge on any atom is 0.257 e. The first-order valence-corrected chi connectivity index (χ1v) is 11.3. The number of benzene rings is 2. The molecule has 162 valence electrons. The lowest BCUT2D eigenvalue weighted by Crippen LogP contribution is -2.40. The molecule has 0 bridgehead atoms. The van der Waals surface area contributed by atoms with Gasteiger partial charge in [0.25, 0.3) is 5.91 Å². The van der Waals surface area contributed by atoms with E-state index >= 15 is 0 Å². The Kier molecular flexibility index (Phi) is 5.40. The summed E-state index contributed by atoms with van der Waals surface area (Å²) in [5.41, 5.74) is 3.82. The van der Waals surface area contributed by atoms with E-state index in [9.17, 15) is 4.79 Å². The van der Waals surface area contributed by atoms with Crippen LogP contribution in [-0.4, -0.2) is 64.1 Å². The molecule has 3 aromatic rings. The normalized spacial score (nSPS) is 21.8. The van der Waals surface area contributed by atoms with Crippen molar-refractivity contribution in [3.63, 3.8) is 0 Å². The quantitative estimate of drug-likeness (QED) is 0.633. The van der Waals surface area contributed by atoms with E-state index in [1.54, 1.807) is 7.11 Å². The molecular weight excluding hydrogens is 388 g/mol. The number of carbonyl (C=O) groups excluding carboxylic acids is 1. The fraction of sp³-hybridized carbons (Fsp3) is 0.440. The lowest BCUT2D eigenvalue weighted by atomic mass is 10.1. The number of hydrogen-bond acceptors (Lipinski definition) is 4. The molecule has 0 spiro atoms. The second kappa shape index (κ2) is 8.35. The molecule has 0 N–H and O–H groups in total. The van der Waals surface area contributed by atoms with Crippen LogP contribution in [0.4, 0.5) is 0 Å². The smallest absolute Gasteiger partial charge is 0.257 e. The van der Waals surface area contributed by atoms with E-state index < -0.39 is 0 Å². The minimum atomic E-state index is 0.0748. The van der Waals surface area contributed by atoms with Crippen LogP contribution in [0, 0.1) is 0 Å². The molecule has 2 fully saturated rings. The highest BCUT2D eigenvalue weighted by Crippen LogP contribution is 2.28. The van der Waals surface area contributed by atoms with Crippen molar-refractivity contribution in [1.82, 2.24) is 19.4 Å². The lowest BCUT2D eigenvalue weighted by molar-refractivity contribution is 0.0771. The van der Waals surface area contributed by atoms with Crippen LogP contribution >= 0.6 is 0 Å². The third-order valence-corrected chi connectivity index (χ3v) is 6.90. The Labute approximate surface area is 183 Å². The zero-order valence-electron chi connectivity index (χ0n) is 18.3. The van der Waals surface area contributed by atoms with E-state index in [2.05, 4.69) is 27.4 Å². The molecule has 2 atom stereocenters. The Hall–Kier alpha value is -2.86. The fourth-order valence-electron chi connectivity index (χ4n) is 5.21. The topological polar surface area (TPSA) is 50.6 Å². The molecule has 0 saturated carbocycles. The average molecular weight is 419 g/mol. The summed E-state index contributed by atoms with van der Waals surface area (Å²) in [6.07, 6.45) is 5.46. The number of imidazole rings is 1. The first-order chi connectivity index (χ1) is 15.1. The largest absolute Gasteiger partial charge is 0.496 e. The van der Waals surface area contributed by atoms with Crippen molar-refractivity contribution >= 4 is 16.9 Å². The van der Waals surface area contributed by atoms with Gasteiger partial charge in [0, 0.05) is 31.7 Å². The molecule has 0 aliphatic carbocycles. The Balaban J connectivity index is 1.32. The van der Waals surface area contributed by atoms with Crippen molar-refractivity contribution in [2.24, 2.45) is 0 Å². The molecule has 2 aromatic carbocycles. The molecule has 6 nitrogen and oxygen atoms in total. The summed E-state index contributed by atoms with van der Waals surface area (Å²) in [5, 5.41) is 0. The van der Waals surface area contributed by atoms with Gasteiger partial charge in [0.15, 0.2) is 0 Å². The predicted octanol–water partition coefficient (Wildman–Crippen LogP) is 3.79. The molecule has 0 radical (unpaired) electrons. The molecule has 5 rings (SSSR count).